The Bertz CT molecular complexity index is 768. The van der Waals surface area contributed by atoms with Crippen LogP contribution in [0.2, 0.25) is 0 Å². The van der Waals surface area contributed by atoms with E-state index in [2.05, 4.69) is 39.9 Å². The van der Waals surface area contributed by atoms with Crippen molar-refractivity contribution in [2.45, 2.75) is 25.3 Å². The Balaban J connectivity index is 0.000000276. The summed E-state index contributed by atoms with van der Waals surface area (Å²) in [4.78, 5) is 32.0. The van der Waals surface area contributed by atoms with E-state index in [0.717, 1.165) is 13.1 Å². The van der Waals surface area contributed by atoms with E-state index in [1.807, 2.05) is 12.4 Å². The van der Waals surface area contributed by atoms with E-state index in [9.17, 15) is 9.59 Å². The smallest absolute Gasteiger partial charge is 0.481 e. The largest absolute Gasteiger partial charge is 0.503 e. The van der Waals surface area contributed by atoms with Crippen molar-refractivity contribution in [2.24, 2.45) is 0 Å². The van der Waals surface area contributed by atoms with Gasteiger partial charge in [-0.3, -0.25) is 14.6 Å². The molecule has 0 unspecified atom stereocenters. The molecule has 28 heavy (non-hydrogen) atoms. The molecule has 10 heteroatoms. The van der Waals surface area contributed by atoms with Crippen LogP contribution in [0.1, 0.15) is 19.3 Å². The first kappa shape index (κ1) is 22.6. The lowest BCUT2D eigenvalue weighted by atomic mass is 10.1. The molecule has 0 spiro atoms. The van der Waals surface area contributed by atoms with Crippen LogP contribution in [0.3, 0.4) is 0 Å². The highest BCUT2D eigenvalue weighted by atomic mass is 16.6. The first-order valence-electron chi connectivity index (χ1n) is 8.45. The standard InChI is InChI=1S/C13H15N3.C4H6O4.CH2O3/c1-2-10-8-14-7-5-12(10)13(3-1)16-11-4-6-15-9-11;5-3(6)1-2-4(7)8;2-1(3)4/h1-3,5,7-8,11,15-16H,4,6,9H2;1-2H2,(H,5,6)(H,7,8);(H2,2,3,4)/t11-;;/m1../s1. The van der Waals surface area contributed by atoms with Gasteiger partial charge < -0.3 is 31.1 Å². The van der Waals surface area contributed by atoms with E-state index in [1.165, 1.54) is 22.9 Å². The Morgan fingerprint density at radius 2 is 1.71 bits per heavy atom. The number of aliphatic carboxylic acids is 2. The number of hydrogen-bond donors (Lipinski definition) is 6. The number of carbonyl (C=O) groups is 3. The molecule has 0 radical (unpaired) electrons. The molecule has 0 bridgehead atoms. The summed E-state index contributed by atoms with van der Waals surface area (Å²) in [5.41, 5.74) is 1.22. The van der Waals surface area contributed by atoms with E-state index >= 15 is 0 Å². The number of benzene rings is 1. The lowest BCUT2D eigenvalue weighted by Gasteiger charge is -2.14. The van der Waals surface area contributed by atoms with E-state index < -0.39 is 18.1 Å². The molecule has 1 aromatic heterocycles. The highest BCUT2D eigenvalue weighted by molar-refractivity contribution is 5.93. The molecule has 0 amide bonds. The van der Waals surface area contributed by atoms with E-state index in [0.29, 0.717) is 6.04 Å². The number of nitrogens with zero attached hydrogens (tertiary/aromatic N) is 1. The molecule has 0 aliphatic carbocycles. The van der Waals surface area contributed by atoms with Crippen molar-refractivity contribution in [2.75, 3.05) is 18.4 Å². The number of carboxylic acids is 2. The summed E-state index contributed by atoms with van der Waals surface area (Å²) in [5.74, 6) is -2.15. The van der Waals surface area contributed by atoms with Gasteiger partial charge in [-0.05, 0) is 25.1 Å². The van der Waals surface area contributed by atoms with Crippen molar-refractivity contribution in [1.29, 1.82) is 0 Å². The summed E-state index contributed by atoms with van der Waals surface area (Å²) in [7, 11) is 0. The van der Waals surface area contributed by atoms with Crippen LogP contribution >= 0.6 is 0 Å². The first-order valence-corrected chi connectivity index (χ1v) is 8.45. The molecular formula is C18H23N3O7. The molecule has 6 N–H and O–H groups in total. The molecule has 10 nitrogen and oxygen atoms in total. The van der Waals surface area contributed by atoms with Crippen LogP contribution in [0.25, 0.3) is 10.8 Å². The Labute approximate surface area is 160 Å². The zero-order valence-electron chi connectivity index (χ0n) is 15.0. The average molecular weight is 393 g/mol. The van der Waals surface area contributed by atoms with Gasteiger partial charge in [-0.2, -0.15) is 0 Å². The fourth-order valence-corrected chi connectivity index (χ4v) is 2.46. The minimum atomic E-state index is -1.83. The van der Waals surface area contributed by atoms with Crippen molar-refractivity contribution in [3.8, 4) is 0 Å². The second-order valence-corrected chi connectivity index (χ2v) is 5.81. The quantitative estimate of drug-likeness (QED) is 0.442. The number of fused-ring (bicyclic) bond motifs is 1. The lowest BCUT2D eigenvalue weighted by molar-refractivity contribution is -0.143. The van der Waals surface area contributed by atoms with Crippen LogP contribution in [0.4, 0.5) is 10.5 Å². The van der Waals surface area contributed by atoms with Gasteiger partial charge in [-0.15, -0.1) is 0 Å². The van der Waals surface area contributed by atoms with Gasteiger partial charge in [0.05, 0.1) is 12.8 Å². The van der Waals surface area contributed by atoms with E-state index in [1.54, 1.807) is 0 Å². The van der Waals surface area contributed by atoms with Gasteiger partial charge in [0.2, 0.25) is 0 Å². The first-order chi connectivity index (χ1) is 13.3. The number of pyridine rings is 1. The van der Waals surface area contributed by atoms with Gasteiger partial charge in [0.15, 0.2) is 0 Å². The fourth-order valence-electron chi connectivity index (χ4n) is 2.46. The summed E-state index contributed by atoms with van der Waals surface area (Å²) in [6.07, 6.45) is 2.53. The maximum absolute atomic E-state index is 9.64. The minimum absolute atomic E-state index is 0.296. The number of hydrogen-bond acceptors (Lipinski definition) is 6. The van der Waals surface area contributed by atoms with E-state index in [4.69, 9.17) is 25.2 Å². The van der Waals surface area contributed by atoms with Gasteiger partial charge in [0, 0.05) is 41.4 Å². The predicted molar refractivity (Wildman–Crippen MR) is 102 cm³/mol. The Morgan fingerprint density at radius 3 is 2.25 bits per heavy atom. The summed E-state index contributed by atoms with van der Waals surface area (Å²) in [6.45, 7) is 2.17. The molecule has 2 aromatic rings. The topological polar surface area (TPSA) is 169 Å². The van der Waals surface area contributed by atoms with Gasteiger partial charge in [-0.25, -0.2) is 4.79 Å². The average Bonchev–Trinajstić information content (AvgIpc) is 3.13. The summed E-state index contributed by atoms with van der Waals surface area (Å²) >= 11 is 0. The van der Waals surface area contributed by atoms with Gasteiger partial charge in [0.1, 0.15) is 0 Å². The molecule has 1 aliphatic rings. The summed E-state index contributed by atoms with van der Waals surface area (Å²) in [5, 5.41) is 39.1. The highest BCUT2D eigenvalue weighted by Gasteiger charge is 2.14. The normalized spacial score (nSPS) is 14.8. The van der Waals surface area contributed by atoms with Crippen LogP contribution in [0, 0.1) is 0 Å². The van der Waals surface area contributed by atoms with Gasteiger partial charge in [0.25, 0.3) is 0 Å². The summed E-state index contributed by atoms with van der Waals surface area (Å²) in [6, 6.07) is 8.94. The zero-order chi connectivity index (χ0) is 20.9. The number of anilines is 1. The zero-order valence-corrected chi connectivity index (χ0v) is 15.0. The highest BCUT2D eigenvalue weighted by Crippen LogP contribution is 2.23. The fraction of sp³-hybridized carbons (Fsp3) is 0.333. The number of carboxylic acid groups (broad SMARTS) is 4. The van der Waals surface area contributed by atoms with Crippen molar-refractivity contribution in [1.82, 2.24) is 10.3 Å². The molecule has 1 atom stereocenters. The predicted octanol–water partition coefficient (Wildman–Crippen LogP) is 2.17. The molecule has 1 fully saturated rings. The van der Waals surface area contributed by atoms with Gasteiger partial charge in [-0.1, -0.05) is 12.1 Å². The summed E-state index contributed by atoms with van der Waals surface area (Å²) < 4.78 is 0. The van der Waals surface area contributed by atoms with Crippen molar-refractivity contribution < 1.29 is 34.8 Å². The molecule has 1 aromatic carbocycles. The van der Waals surface area contributed by atoms with Crippen LogP contribution in [0.5, 0.6) is 0 Å². The molecular weight excluding hydrogens is 370 g/mol. The third-order valence-electron chi connectivity index (χ3n) is 3.65. The monoisotopic (exact) mass is 393 g/mol. The maximum Gasteiger partial charge on any atom is 0.503 e. The number of nitrogens with one attached hydrogen (secondary N) is 2. The second kappa shape index (κ2) is 12.1. The molecule has 2 heterocycles. The van der Waals surface area contributed by atoms with E-state index in [-0.39, 0.29) is 12.8 Å². The second-order valence-electron chi connectivity index (χ2n) is 5.81. The Morgan fingerprint density at radius 1 is 1.07 bits per heavy atom. The maximum atomic E-state index is 9.64. The van der Waals surface area contributed by atoms with Crippen molar-refractivity contribution >= 4 is 34.6 Å². The third kappa shape index (κ3) is 9.34. The Kier molecular flexibility index (Phi) is 9.76. The Hall–Kier alpha value is -3.40. The lowest BCUT2D eigenvalue weighted by Crippen LogP contribution is -2.22. The van der Waals surface area contributed by atoms with Gasteiger partial charge >= 0.3 is 18.1 Å². The SMILES string of the molecule is O=C(O)CCC(=O)O.O=C(O)O.c1cc(N[C@@H]2CCNC2)c2ccncc2c1. The van der Waals surface area contributed by atoms with Crippen molar-refractivity contribution in [3.63, 3.8) is 0 Å². The third-order valence-corrected chi connectivity index (χ3v) is 3.65. The molecule has 1 aliphatic heterocycles. The van der Waals surface area contributed by atoms with Crippen molar-refractivity contribution in [3.05, 3.63) is 36.7 Å². The number of aromatic nitrogens is 1. The molecule has 1 saturated heterocycles. The molecule has 152 valence electrons. The molecule has 0 saturated carbocycles. The van der Waals surface area contributed by atoms with Crippen LogP contribution in [0.15, 0.2) is 36.7 Å². The molecule has 3 rings (SSSR count). The number of rotatable bonds is 5. The van der Waals surface area contributed by atoms with Crippen LogP contribution in [-0.4, -0.2) is 62.6 Å². The van der Waals surface area contributed by atoms with Crippen LogP contribution in [-0.2, 0) is 9.59 Å². The minimum Gasteiger partial charge on any atom is -0.481 e. The van der Waals surface area contributed by atoms with Crippen LogP contribution < -0.4 is 10.6 Å².